The van der Waals surface area contributed by atoms with Gasteiger partial charge in [-0.05, 0) is 29.3 Å². The van der Waals surface area contributed by atoms with Gasteiger partial charge in [-0.2, -0.15) is 5.10 Å². The summed E-state index contributed by atoms with van der Waals surface area (Å²) >= 11 is 1.21. The molecule has 20 heavy (non-hydrogen) atoms. The molecule has 0 amide bonds. The third-order valence-corrected chi connectivity index (χ3v) is 4.04. The number of methoxy groups -OCH3 is 1. The van der Waals surface area contributed by atoms with Gasteiger partial charge in [-0.3, -0.25) is 14.5 Å². The summed E-state index contributed by atoms with van der Waals surface area (Å²) in [5.41, 5.74) is 3.56. The van der Waals surface area contributed by atoms with Crippen molar-refractivity contribution in [2.45, 2.75) is 6.73 Å². The first-order valence-electron chi connectivity index (χ1n) is 6.02. The van der Waals surface area contributed by atoms with Crippen molar-refractivity contribution in [1.82, 2.24) is 14.8 Å². The third kappa shape index (κ3) is 2.09. The molecule has 3 rings (SSSR count). The number of nitrogens with zero attached hydrogens (tertiary/aromatic N) is 2. The summed E-state index contributed by atoms with van der Waals surface area (Å²) in [7, 11) is 1.57. The van der Waals surface area contributed by atoms with Crippen molar-refractivity contribution in [2.24, 2.45) is 0 Å². The van der Waals surface area contributed by atoms with Gasteiger partial charge in [-0.1, -0.05) is 24.0 Å². The summed E-state index contributed by atoms with van der Waals surface area (Å²) in [4.78, 5) is 11.9. The van der Waals surface area contributed by atoms with Crippen LogP contribution in [0.15, 0.2) is 41.8 Å². The minimum absolute atomic E-state index is 0.0221. The molecule has 0 saturated heterocycles. The maximum Gasteiger partial charge on any atom is 0.310 e. The monoisotopic (exact) mass is 287 g/mol. The lowest BCUT2D eigenvalue weighted by Gasteiger charge is -2.05. The second-order valence-electron chi connectivity index (χ2n) is 4.35. The number of ether oxygens (including phenoxy) is 1. The molecule has 0 aliphatic rings. The molecule has 0 bridgehead atoms. The number of thiazole rings is 1. The van der Waals surface area contributed by atoms with Crippen LogP contribution >= 0.6 is 11.3 Å². The lowest BCUT2D eigenvalue weighted by molar-refractivity contribution is 0.133. The molecule has 102 valence electrons. The SMILES string of the molecule is C=C(c1ccc2c(c1)sc(=O)n2COC)c1ccn[nH]1. The molecular formula is C14H13N3O2S. The fourth-order valence-electron chi connectivity index (χ4n) is 2.08. The number of benzene rings is 1. The number of aromatic nitrogens is 3. The standard InChI is InChI=1S/C14H13N3O2S/c1-9(11-5-6-15-16-11)10-3-4-12-13(7-10)20-14(18)17(12)8-19-2/h3-7H,1,8H2,2H3,(H,15,16). The topological polar surface area (TPSA) is 59.9 Å². The Hall–Kier alpha value is -2.18. The molecule has 6 heteroatoms. The molecule has 0 radical (unpaired) electrons. The van der Waals surface area contributed by atoms with Gasteiger partial charge >= 0.3 is 4.87 Å². The lowest BCUT2D eigenvalue weighted by atomic mass is 10.0. The molecule has 2 aromatic heterocycles. The zero-order valence-corrected chi connectivity index (χ0v) is 11.7. The van der Waals surface area contributed by atoms with Crippen LogP contribution in [0.3, 0.4) is 0 Å². The predicted octanol–water partition coefficient (Wildman–Crippen LogP) is 2.45. The van der Waals surface area contributed by atoms with Crippen molar-refractivity contribution in [1.29, 1.82) is 0 Å². The van der Waals surface area contributed by atoms with Crippen LogP contribution in [0.25, 0.3) is 15.8 Å². The minimum atomic E-state index is -0.0221. The Balaban J connectivity index is 2.08. The Kier molecular flexibility index (Phi) is 3.25. The highest BCUT2D eigenvalue weighted by molar-refractivity contribution is 7.16. The van der Waals surface area contributed by atoms with Gasteiger partial charge in [0.25, 0.3) is 0 Å². The number of aromatic amines is 1. The minimum Gasteiger partial charge on any atom is -0.364 e. The predicted molar refractivity (Wildman–Crippen MR) is 79.8 cm³/mol. The number of fused-ring (bicyclic) bond motifs is 1. The quantitative estimate of drug-likeness (QED) is 0.802. The molecule has 2 heterocycles. The van der Waals surface area contributed by atoms with Crippen LogP contribution in [-0.2, 0) is 11.5 Å². The average molecular weight is 287 g/mol. The van der Waals surface area contributed by atoms with Crippen LogP contribution in [-0.4, -0.2) is 21.9 Å². The van der Waals surface area contributed by atoms with E-state index in [1.165, 1.54) is 11.3 Å². The molecule has 0 spiro atoms. The Morgan fingerprint density at radius 2 is 2.35 bits per heavy atom. The van der Waals surface area contributed by atoms with Crippen molar-refractivity contribution in [3.05, 3.63) is 58.0 Å². The van der Waals surface area contributed by atoms with E-state index in [0.717, 1.165) is 27.0 Å². The maximum absolute atomic E-state index is 11.9. The number of hydrogen-bond donors (Lipinski definition) is 1. The zero-order chi connectivity index (χ0) is 14.1. The van der Waals surface area contributed by atoms with E-state index in [1.807, 2.05) is 24.3 Å². The van der Waals surface area contributed by atoms with E-state index >= 15 is 0 Å². The van der Waals surface area contributed by atoms with Gasteiger partial charge in [-0.25, -0.2) is 0 Å². The molecule has 0 atom stereocenters. The van der Waals surface area contributed by atoms with Crippen LogP contribution < -0.4 is 4.87 Å². The van der Waals surface area contributed by atoms with E-state index in [-0.39, 0.29) is 11.6 Å². The fourth-order valence-corrected chi connectivity index (χ4v) is 3.00. The van der Waals surface area contributed by atoms with Crippen molar-refractivity contribution in [3.63, 3.8) is 0 Å². The first-order chi connectivity index (χ1) is 9.70. The van der Waals surface area contributed by atoms with Gasteiger partial charge in [0.2, 0.25) is 0 Å². The Labute approximate surface area is 119 Å². The summed E-state index contributed by atoms with van der Waals surface area (Å²) in [6, 6.07) is 7.70. The number of nitrogens with one attached hydrogen (secondary N) is 1. The van der Waals surface area contributed by atoms with E-state index in [9.17, 15) is 4.79 Å². The zero-order valence-electron chi connectivity index (χ0n) is 10.9. The normalized spacial score (nSPS) is 11.1. The van der Waals surface area contributed by atoms with Crippen molar-refractivity contribution in [2.75, 3.05) is 7.11 Å². The molecule has 5 nitrogen and oxygen atoms in total. The smallest absolute Gasteiger partial charge is 0.310 e. The molecule has 0 fully saturated rings. The van der Waals surface area contributed by atoms with E-state index in [1.54, 1.807) is 17.9 Å². The van der Waals surface area contributed by atoms with Gasteiger partial charge in [0.05, 0.1) is 15.9 Å². The molecule has 1 aromatic carbocycles. The molecule has 0 aliphatic heterocycles. The van der Waals surface area contributed by atoms with Gasteiger partial charge < -0.3 is 4.74 Å². The molecular weight excluding hydrogens is 274 g/mol. The highest BCUT2D eigenvalue weighted by atomic mass is 32.1. The summed E-state index contributed by atoms with van der Waals surface area (Å²) in [5.74, 6) is 0. The van der Waals surface area contributed by atoms with Crippen molar-refractivity contribution < 1.29 is 4.74 Å². The van der Waals surface area contributed by atoms with Crippen LogP contribution in [0.2, 0.25) is 0 Å². The molecule has 3 aromatic rings. The highest BCUT2D eigenvalue weighted by Crippen LogP contribution is 2.25. The van der Waals surface area contributed by atoms with Crippen LogP contribution in [0.4, 0.5) is 0 Å². The van der Waals surface area contributed by atoms with E-state index in [2.05, 4.69) is 16.8 Å². The lowest BCUT2D eigenvalue weighted by Crippen LogP contribution is -2.13. The van der Waals surface area contributed by atoms with Crippen LogP contribution in [0, 0.1) is 0 Å². The van der Waals surface area contributed by atoms with Gasteiger partial charge in [0, 0.05) is 13.3 Å². The van der Waals surface area contributed by atoms with Gasteiger partial charge in [0.15, 0.2) is 0 Å². The second kappa shape index (κ2) is 5.07. The number of H-pyrrole nitrogens is 1. The van der Waals surface area contributed by atoms with Crippen LogP contribution in [0.5, 0.6) is 0 Å². The summed E-state index contributed by atoms with van der Waals surface area (Å²) in [5, 5.41) is 6.81. The van der Waals surface area contributed by atoms with Crippen molar-refractivity contribution in [3.8, 4) is 0 Å². The number of rotatable bonds is 4. The van der Waals surface area contributed by atoms with Gasteiger partial charge in [0.1, 0.15) is 6.73 Å². The summed E-state index contributed by atoms with van der Waals surface area (Å²) in [6.45, 7) is 4.33. The molecule has 0 unspecified atom stereocenters. The summed E-state index contributed by atoms with van der Waals surface area (Å²) < 4.78 is 7.59. The average Bonchev–Trinajstić information content (AvgIpc) is 3.07. The third-order valence-electron chi connectivity index (χ3n) is 3.10. The second-order valence-corrected chi connectivity index (χ2v) is 5.34. The maximum atomic E-state index is 11.9. The Morgan fingerprint density at radius 1 is 1.50 bits per heavy atom. The number of hydrogen-bond acceptors (Lipinski definition) is 4. The molecule has 0 aliphatic carbocycles. The molecule has 1 N–H and O–H groups in total. The largest absolute Gasteiger partial charge is 0.364 e. The van der Waals surface area contributed by atoms with E-state index in [4.69, 9.17) is 4.74 Å². The fraction of sp³-hybridized carbons (Fsp3) is 0.143. The Morgan fingerprint density at radius 3 is 3.05 bits per heavy atom. The first-order valence-corrected chi connectivity index (χ1v) is 6.83. The van der Waals surface area contributed by atoms with E-state index < -0.39 is 0 Å². The highest BCUT2D eigenvalue weighted by Gasteiger charge is 2.10. The molecule has 0 saturated carbocycles. The first kappa shape index (κ1) is 12.8. The Bertz CT molecular complexity index is 815. The van der Waals surface area contributed by atoms with Crippen LogP contribution in [0.1, 0.15) is 11.3 Å². The van der Waals surface area contributed by atoms with Gasteiger partial charge in [-0.15, -0.1) is 0 Å². The van der Waals surface area contributed by atoms with Crippen molar-refractivity contribution >= 4 is 27.1 Å². The van der Waals surface area contributed by atoms with E-state index in [0.29, 0.717) is 0 Å². The summed E-state index contributed by atoms with van der Waals surface area (Å²) in [6.07, 6.45) is 1.69.